The van der Waals surface area contributed by atoms with Crippen LogP contribution in [0.1, 0.15) is 19.4 Å². The lowest BCUT2D eigenvalue weighted by molar-refractivity contribution is 0.592. The molecule has 3 aromatic rings. The van der Waals surface area contributed by atoms with Gasteiger partial charge >= 0.3 is 0 Å². The number of aromatic nitrogens is 2. The Hall–Kier alpha value is -2.16. The molecule has 1 aromatic heterocycles. The van der Waals surface area contributed by atoms with Gasteiger partial charge in [-0.2, -0.15) is 0 Å². The maximum absolute atomic E-state index is 13.0. The highest BCUT2D eigenvalue weighted by Gasteiger charge is 2.13. The van der Waals surface area contributed by atoms with Crippen molar-refractivity contribution >= 4 is 32.7 Å². The Labute approximate surface area is 168 Å². The molecule has 0 saturated carbocycles. The zero-order valence-corrected chi connectivity index (χ0v) is 17.5. The molecule has 0 amide bonds. The minimum Gasteiger partial charge on any atom is -0.287 e. The van der Waals surface area contributed by atoms with E-state index in [0.29, 0.717) is 34.9 Å². The smallest absolute Gasteiger partial charge is 0.262 e. The van der Waals surface area contributed by atoms with E-state index in [1.54, 1.807) is 34.5 Å². The Morgan fingerprint density at radius 3 is 2.43 bits per heavy atom. The fraction of sp³-hybridized carbons (Fsp3) is 0.300. The maximum Gasteiger partial charge on any atom is 0.262 e. The van der Waals surface area contributed by atoms with Crippen molar-refractivity contribution in [2.75, 3.05) is 5.75 Å². The van der Waals surface area contributed by atoms with Crippen LogP contribution in [0, 0.1) is 5.92 Å². The lowest BCUT2D eigenvalue weighted by Gasteiger charge is -2.14. The van der Waals surface area contributed by atoms with Crippen molar-refractivity contribution in [2.45, 2.75) is 36.9 Å². The van der Waals surface area contributed by atoms with Crippen molar-refractivity contribution in [3.05, 3.63) is 64.4 Å². The van der Waals surface area contributed by atoms with E-state index in [1.165, 1.54) is 12.1 Å². The Balaban J connectivity index is 1.91. The lowest BCUT2D eigenvalue weighted by atomic mass is 10.1. The van der Waals surface area contributed by atoms with Gasteiger partial charge in [-0.25, -0.2) is 18.5 Å². The number of para-hydroxylation sites is 1. The summed E-state index contributed by atoms with van der Waals surface area (Å²) in [5.74, 6) is 1.35. The summed E-state index contributed by atoms with van der Waals surface area (Å²) in [4.78, 5) is 17.8. The van der Waals surface area contributed by atoms with Crippen LogP contribution >= 0.6 is 11.8 Å². The molecule has 0 aliphatic carbocycles. The Kier molecular flexibility index (Phi) is 6.22. The van der Waals surface area contributed by atoms with E-state index in [2.05, 4.69) is 13.8 Å². The number of nitrogens with two attached hydrogens (primary N) is 1. The van der Waals surface area contributed by atoms with Gasteiger partial charge in [-0.05, 0) is 42.2 Å². The highest BCUT2D eigenvalue weighted by molar-refractivity contribution is 7.99. The van der Waals surface area contributed by atoms with Crippen molar-refractivity contribution in [2.24, 2.45) is 11.1 Å². The molecule has 0 aliphatic heterocycles. The van der Waals surface area contributed by atoms with Crippen LogP contribution < -0.4 is 10.7 Å². The molecule has 6 nitrogen and oxygen atoms in total. The zero-order chi connectivity index (χ0) is 20.3. The summed E-state index contributed by atoms with van der Waals surface area (Å²) in [5.41, 5.74) is 1.57. The first-order valence-electron chi connectivity index (χ1n) is 9.00. The van der Waals surface area contributed by atoms with E-state index in [1.807, 2.05) is 18.2 Å². The molecule has 1 heterocycles. The van der Waals surface area contributed by atoms with Gasteiger partial charge in [0.2, 0.25) is 10.0 Å². The number of rotatable bonds is 7. The van der Waals surface area contributed by atoms with Gasteiger partial charge in [0.15, 0.2) is 5.16 Å². The van der Waals surface area contributed by atoms with E-state index in [0.717, 1.165) is 11.3 Å². The van der Waals surface area contributed by atoms with Gasteiger partial charge < -0.3 is 0 Å². The molecular formula is C20H23N3O3S2. The minimum absolute atomic E-state index is 0.0574. The van der Waals surface area contributed by atoms with Gasteiger partial charge in [-0.1, -0.05) is 49.9 Å². The SMILES string of the molecule is CC(C)CSc1nc2ccccc2c(=O)n1CCc1ccc(S(N)(=O)=O)cc1. The zero-order valence-electron chi connectivity index (χ0n) is 15.8. The minimum atomic E-state index is -3.71. The van der Waals surface area contributed by atoms with Gasteiger partial charge in [0.05, 0.1) is 15.8 Å². The number of fused-ring (bicyclic) bond motifs is 1. The fourth-order valence-corrected chi connectivity index (χ4v) is 4.27. The molecule has 0 bridgehead atoms. The molecular weight excluding hydrogens is 394 g/mol. The van der Waals surface area contributed by atoms with Crippen LogP contribution in [0.3, 0.4) is 0 Å². The predicted octanol–water partition coefficient (Wildman–Crippen LogP) is 3.03. The van der Waals surface area contributed by atoms with Gasteiger partial charge in [0.1, 0.15) is 0 Å². The van der Waals surface area contributed by atoms with E-state index in [4.69, 9.17) is 10.1 Å². The quantitative estimate of drug-likeness (QED) is 0.471. The fourth-order valence-electron chi connectivity index (χ4n) is 2.78. The van der Waals surface area contributed by atoms with Crippen LogP contribution in [0.25, 0.3) is 10.9 Å². The average molecular weight is 418 g/mol. The molecule has 2 N–H and O–H groups in total. The highest BCUT2D eigenvalue weighted by atomic mass is 32.2. The third kappa shape index (κ3) is 4.81. The van der Waals surface area contributed by atoms with Crippen molar-refractivity contribution in [1.82, 2.24) is 9.55 Å². The van der Waals surface area contributed by atoms with Crippen LogP contribution in [-0.2, 0) is 23.0 Å². The molecule has 0 unspecified atom stereocenters. The van der Waals surface area contributed by atoms with Gasteiger partial charge in [-0.15, -0.1) is 0 Å². The van der Waals surface area contributed by atoms with Crippen LogP contribution in [0.5, 0.6) is 0 Å². The Bertz CT molecular complexity index is 1140. The van der Waals surface area contributed by atoms with Crippen molar-refractivity contribution in [3.8, 4) is 0 Å². The van der Waals surface area contributed by atoms with Crippen LogP contribution in [0.15, 0.2) is 63.4 Å². The van der Waals surface area contributed by atoms with Gasteiger partial charge in [0, 0.05) is 12.3 Å². The van der Waals surface area contributed by atoms with Crippen molar-refractivity contribution in [3.63, 3.8) is 0 Å². The first-order valence-corrected chi connectivity index (χ1v) is 11.5. The molecule has 0 atom stereocenters. The van der Waals surface area contributed by atoms with Gasteiger partial charge in [-0.3, -0.25) is 9.36 Å². The number of aryl methyl sites for hydroxylation is 1. The van der Waals surface area contributed by atoms with Crippen molar-refractivity contribution < 1.29 is 8.42 Å². The molecule has 0 radical (unpaired) electrons. The van der Waals surface area contributed by atoms with Gasteiger partial charge in [0.25, 0.3) is 5.56 Å². The van der Waals surface area contributed by atoms with Crippen molar-refractivity contribution in [1.29, 1.82) is 0 Å². The van der Waals surface area contributed by atoms with Crippen LogP contribution in [-0.4, -0.2) is 23.7 Å². The summed E-state index contributed by atoms with van der Waals surface area (Å²) in [6, 6.07) is 13.8. The standard InChI is InChI=1S/C20H23N3O3S2/c1-14(2)13-27-20-22-18-6-4-3-5-17(18)19(24)23(20)12-11-15-7-9-16(10-8-15)28(21,25)26/h3-10,14H,11-13H2,1-2H3,(H2,21,25,26). The number of nitrogens with zero attached hydrogens (tertiary/aromatic N) is 2. The first kappa shape index (κ1) is 20.6. The predicted molar refractivity (Wildman–Crippen MR) is 113 cm³/mol. The molecule has 28 heavy (non-hydrogen) atoms. The molecule has 0 fully saturated rings. The second kappa shape index (κ2) is 8.46. The second-order valence-corrected chi connectivity index (χ2v) is 9.56. The Morgan fingerprint density at radius 1 is 1.11 bits per heavy atom. The number of sulfonamides is 1. The topological polar surface area (TPSA) is 95.0 Å². The average Bonchev–Trinajstić information content (AvgIpc) is 2.65. The third-order valence-electron chi connectivity index (χ3n) is 4.25. The normalized spacial score (nSPS) is 12.0. The maximum atomic E-state index is 13.0. The summed E-state index contributed by atoms with van der Waals surface area (Å²) in [6.45, 7) is 4.72. The summed E-state index contributed by atoms with van der Waals surface area (Å²) in [5, 5.41) is 6.44. The molecule has 8 heteroatoms. The number of hydrogen-bond donors (Lipinski definition) is 1. The summed E-state index contributed by atoms with van der Waals surface area (Å²) in [7, 11) is -3.71. The van der Waals surface area contributed by atoms with E-state index in [9.17, 15) is 13.2 Å². The number of primary sulfonamides is 1. The number of benzene rings is 2. The molecule has 0 saturated heterocycles. The largest absolute Gasteiger partial charge is 0.287 e. The van der Waals surface area contributed by atoms with Crippen LogP contribution in [0.4, 0.5) is 0 Å². The van der Waals surface area contributed by atoms with E-state index < -0.39 is 10.0 Å². The molecule has 0 spiro atoms. The Morgan fingerprint density at radius 2 is 1.79 bits per heavy atom. The summed E-state index contributed by atoms with van der Waals surface area (Å²) < 4.78 is 24.5. The first-order chi connectivity index (χ1) is 13.3. The number of thioether (sulfide) groups is 1. The summed E-state index contributed by atoms with van der Waals surface area (Å²) in [6.07, 6.45) is 0.583. The molecule has 0 aliphatic rings. The molecule has 2 aromatic carbocycles. The highest BCUT2D eigenvalue weighted by Crippen LogP contribution is 2.21. The van der Waals surface area contributed by atoms with E-state index >= 15 is 0 Å². The monoisotopic (exact) mass is 417 g/mol. The number of hydrogen-bond acceptors (Lipinski definition) is 5. The second-order valence-electron chi connectivity index (χ2n) is 7.01. The van der Waals surface area contributed by atoms with Crippen LogP contribution in [0.2, 0.25) is 0 Å². The van der Waals surface area contributed by atoms with E-state index in [-0.39, 0.29) is 10.5 Å². The molecule has 3 rings (SSSR count). The lowest BCUT2D eigenvalue weighted by Crippen LogP contribution is -2.24. The molecule has 148 valence electrons. The third-order valence-corrected chi connectivity index (χ3v) is 6.58. The summed E-state index contributed by atoms with van der Waals surface area (Å²) >= 11 is 1.58.